The summed E-state index contributed by atoms with van der Waals surface area (Å²) in [6, 6.07) is 0. The Morgan fingerprint density at radius 1 is 1.64 bits per heavy atom. The first-order valence-corrected chi connectivity index (χ1v) is 4.40. The second kappa shape index (κ2) is 3.26. The van der Waals surface area contributed by atoms with E-state index in [1.54, 1.807) is 0 Å². The molecule has 1 aliphatic heterocycles. The molecule has 0 amide bonds. The van der Waals surface area contributed by atoms with Gasteiger partial charge in [-0.1, -0.05) is 0 Å². The molecule has 0 spiro atoms. The minimum absolute atomic E-state index is 0.0902. The maximum absolute atomic E-state index is 10.8. The zero-order valence-corrected chi connectivity index (χ0v) is 7.58. The summed E-state index contributed by atoms with van der Waals surface area (Å²) >= 11 is 0. The number of carbonyl (C=O) groups is 1. The van der Waals surface area contributed by atoms with Crippen molar-refractivity contribution < 1.29 is 9.90 Å². The van der Waals surface area contributed by atoms with Crippen LogP contribution in [0.5, 0.6) is 0 Å². The molecule has 5 heteroatoms. The van der Waals surface area contributed by atoms with Crippen LogP contribution in [0.3, 0.4) is 0 Å². The maximum atomic E-state index is 10.8. The minimum atomic E-state index is -1.02. The Kier molecular flexibility index (Phi) is 2.09. The van der Waals surface area contributed by atoms with Gasteiger partial charge in [-0.15, -0.1) is 0 Å². The van der Waals surface area contributed by atoms with Gasteiger partial charge in [0.25, 0.3) is 0 Å². The number of aromatic carboxylic acids is 1. The lowest BCUT2D eigenvalue weighted by atomic mass is 10.0. The van der Waals surface area contributed by atoms with Crippen LogP contribution in [-0.4, -0.2) is 22.6 Å². The number of rotatable bonds is 1. The van der Waals surface area contributed by atoms with Gasteiger partial charge >= 0.3 is 5.97 Å². The van der Waals surface area contributed by atoms with Gasteiger partial charge in [0.15, 0.2) is 0 Å². The van der Waals surface area contributed by atoms with Crippen LogP contribution in [0.2, 0.25) is 0 Å². The molecular weight excluding hydrogens is 182 g/mol. The molecule has 2 heterocycles. The van der Waals surface area contributed by atoms with E-state index in [1.165, 1.54) is 6.20 Å². The Bertz CT molecular complexity index is 390. The van der Waals surface area contributed by atoms with Gasteiger partial charge in [0, 0.05) is 37.0 Å². The molecule has 0 radical (unpaired) electrons. The lowest BCUT2D eigenvalue weighted by molar-refractivity contribution is 0.0697. The fraction of sp³-hybridized carbons (Fsp3) is 0.333. The smallest absolute Gasteiger partial charge is 0.339 e. The second-order valence-electron chi connectivity index (χ2n) is 3.24. The van der Waals surface area contributed by atoms with Crippen LogP contribution in [0.15, 0.2) is 6.20 Å². The van der Waals surface area contributed by atoms with Gasteiger partial charge in [0.05, 0.1) is 5.69 Å². The van der Waals surface area contributed by atoms with Crippen LogP contribution in [0, 0.1) is 0 Å². The van der Waals surface area contributed by atoms with E-state index < -0.39 is 5.97 Å². The Morgan fingerprint density at radius 2 is 2.43 bits per heavy atom. The quantitative estimate of drug-likeness (QED) is 0.584. The van der Waals surface area contributed by atoms with Gasteiger partial charge < -0.3 is 16.2 Å². The average molecular weight is 193 g/mol. The van der Waals surface area contributed by atoms with Crippen molar-refractivity contribution in [1.29, 1.82) is 0 Å². The van der Waals surface area contributed by atoms with Gasteiger partial charge in [-0.05, 0) is 0 Å². The van der Waals surface area contributed by atoms with Crippen molar-refractivity contribution in [3.63, 3.8) is 0 Å². The molecule has 14 heavy (non-hydrogen) atoms. The summed E-state index contributed by atoms with van der Waals surface area (Å²) in [6.07, 6.45) is 2.14. The zero-order valence-electron chi connectivity index (χ0n) is 7.58. The summed E-state index contributed by atoms with van der Waals surface area (Å²) in [7, 11) is 0. The highest BCUT2D eigenvalue weighted by Gasteiger charge is 2.18. The van der Waals surface area contributed by atoms with E-state index in [0.29, 0.717) is 12.2 Å². The molecule has 0 saturated heterocycles. The van der Waals surface area contributed by atoms with Crippen molar-refractivity contribution >= 4 is 11.7 Å². The minimum Gasteiger partial charge on any atom is -0.478 e. The average Bonchev–Trinajstić information content (AvgIpc) is 2.18. The molecule has 1 aromatic rings. The number of hydrogen-bond donors (Lipinski definition) is 3. The lowest BCUT2D eigenvalue weighted by Crippen LogP contribution is -2.26. The van der Waals surface area contributed by atoms with E-state index in [2.05, 4.69) is 10.3 Å². The number of fused-ring (bicyclic) bond motifs is 1. The predicted octanol–water partition coefficient (Wildman–Crippen LogP) is 0.00770. The van der Waals surface area contributed by atoms with Crippen LogP contribution >= 0.6 is 0 Å². The standard InChI is InChI=1S/C9H11N3O2/c10-8-5-3-11-2-1-7(5)12-4-6(8)9(13)14/h4,11H,1-3H2,(H2,10,12)(H,13,14). The fourth-order valence-electron chi connectivity index (χ4n) is 1.61. The first-order chi connectivity index (χ1) is 6.70. The Morgan fingerprint density at radius 3 is 3.14 bits per heavy atom. The molecule has 4 N–H and O–H groups in total. The number of anilines is 1. The van der Waals surface area contributed by atoms with Crippen LogP contribution in [0.1, 0.15) is 21.6 Å². The highest BCUT2D eigenvalue weighted by molar-refractivity contribution is 5.94. The van der Waals surface area contributed by atoms with Crippen LogP contribution in [-0.2, 0) is 13.0 Å². The molecule has 1 aromatic heterocycles. The zero-order chi connectivity index (χ0) is 10.1. The van der Waals surface area contributed by atoms with Crippen LogP contribution in [0.4, 0.5) is 5.69 Å². The third-order valence-electron chi connectivity index (χ3n) is 2.38. The highest BCUT2D eigenvalue weighted by atomic mass is 16.4. The SMILES string of the molecule is Nc1c(C(=O)O)cnc2c1CNCC2. The largest absolute Gasteiger partial charge is 0.478 e. The lowest BCUT2D eigenvalue weighted by Gasteiger charge is -2.18. The van der Waals surface area contributed by atoms with Crippen molar-refractivity contribution in [3.05, 3.63) is 23.0 Å². The van der Waals surface area contributed by atoms with E-state index in [4.69, 9.17) is 10.8 Å². The fourth-order valence-corrected chi connectivity index (χ4v) is 1.61. The molecule has 0 unspecified atom stereocenters. The molecule has 5 nitrogen and oxygen atoms in total. The molecule has 0 bridgehead atoms. The Labute approximate surface area is 81.0 Å². The van der Waals surface area contributed by atoms with E-state index in [1.807, 2.05) is 0 Å². The van der Waals surface area contributed by atoms with Gasteiger partial charge in [-0.25, -0.2) is 4.79 Å². The van der Waals surface area contributed by atoms with Gasteiger partial charge in [0.2, 0.25) is 0 Å². The third-order valence-corrected chi connectivity index (χ3v) is 2.38. The van der Waals surface area contributed by atoms with E-state index in [0.717, 1.165) is 24.2 Å². The van der Waals surface area contributed by atoms with Gasteiger partial charge in [0.1, 0.15) is 5.56 Å². The number of nitrogen functional groups attached to an aromatic ring is 1. The number of carboxylic acid groups (broad SMARTS) is 1. The summed E-state index contributed by atoms with van der Waals surface area (Å²) in [6.45, 7) is 1.47. The van der Waals surface area contributed by atoms with E-state index in [-0.39, 0.29) is 5.56 Å². The monoisotopic (exact) mass is 193 g/mol. The normalized spacial score (nSPS) is 14.9. The van der Waals surface area contributed by atoms with Crippen molar-refractivity contribution in [3.8, 4) is 0 Å². The molecule has 0 saturated carbocycles. The number of pyridine rings is 1. The van der Waals surface area contributed by atoms with E-state index in [9.17, 15) is 4.79 Å². The highest BCUT2D eigenvalue weighted by Crippen LogP contribution is 2.22. The van der Waals surface area contributed by atoms with E-state index >= 15 is 0 Å². The van der Waals surface area contributed by atoms with Crippen molar-refractivity contribution in [2.45, 2.75) is 13.0 Å². The number of nitrogens with one attached hydrogen (secondary N) is 1. The van der Waals surface area contributed by atoms with Crippen molar-refractivity contribution in [2.75, 3.05) is 12.3 Å². The summed E-state index contributed by atoms with van der Waals surface area (Å²) < 4.78 is 0. The van der Waals surface area contributed by atoms with Crippen LogP contribution in [0.25, 0.3) is 0 Å². The second-order valence-corrected chi connectivity index (χ2v) is 3.24. The number of hydrogen-bond acceptors (Lipinski definition) is 4. The Hall–Kier alpha value is -1.62. The number of nitrogens with zero attached hydrogens (tertiary/aromatic N) is 1. The molecule has 0 aromatic carbocycles. The first kappa shape index (κ1) is 8.96. The number of carboxylic acids is 1. The maximum Gasteiger partial charge on any atom is 0.339 e. The third kappa shape index (κ3) is 1.31. The molecule has 2 rings (SSSR count). The Balaban J connectivity index is 2.54. The van der Waals surface area contributed by atoms with Crippen molar-refractivity contribution in [2.24, 2.45) is 0 Å². The van der Waals surface area contributed by atoms with Crippen molar-refractivity contribution in [1.82, 2.24) is 10.3 Å². The van der Waals surface area contributed by atoms with Crippen LogP contribution < -0.4 is 11.1 Å². The topological polar surface area (TPSA) is 88.2 Å². The number of aromatic nitrogens is 1. The van der Waals surface area contributed by atoms with Gasteiger partial charge in [-0.3, -0.25) is 4.98 Å². The number of nitrogens with two attached hydrogens (primary N) is 1. The summed E-state index contributed by atoms with van der Waals surface area (Å²) in [5.74, 6) is -1.02. The summed E-state index contributed by atoms with van der Waals surface area (Å²) in [5.41, 5.74) is 7.92. The molecule has 0 atom stereocenters. The predicted molar refractivity (Wildman–Crippen MR) is 51.0 cm³/mol. The first-order valence-electron chi connectivity index (χ1n) is 4.40. The molecule has 74 valence electrons. The summed E-state index contributed by atoms with van der Waals surface area (Å²) in [4.78, 5) is 14.9. The summed E-state index contributed by atoms with van der Waals surface area (Å²) in [5, 5.41) is 12.0. The molecular formula is C9H11N3O2. The molecule has 1 aliphatic rings. The molecule has 0 aliphatic carbocycles. The molecule has 0 fully saturated rings. The van der Waals surface area contributed by atoms with Gasteiger partial charge in [-0.2, -0.15) is 0 Å².